The van der Waals surface area contributed by atoms with E-state index >= 15 is 0 Å². The van der Waals surface area contributed by atoms with Gasteiger partial charge in [-0.25, -0.2) is 4.98 Å². The van der Waals surface area contributed by atoms with Gasteiger partial charge < -0.3 is 14.6 Å². The molecule has 0 bridgehead atoms. The standard InChI is InChI=1S/C25H30N6O3/c1-16-17(2)28-29-24(16)22(32)12-18-11-20-13-21(27-25(20)26-14-18)19-3-5-31(6-4-19)23(33)15-30-7-9-34-10-8-30/h3,11,13-14H,4-10,12,15H2,1-2H3,(H,26,27)(H,28,29). The van der Waals surface area contributed by atoms with Crippen LogP contribution in [0.25, 0.3) is 16.6 Å². The Morgan fingerprint density at radius 2 is 1.97 bits per heavy atom. The maximum atomic E-state index is 12.7. The van der Waals surface area contributed by atoms with Crippen LogP contribution < -0.4 is 0 Å². The lowest BCUT2D eigenvalue weighted by molar-refractivity contribution is -0.133. The summed E-state index contributed by atoms with van der Waals surface area (Å²) in [4.78, 5) is 37.3. The number of hydrogen-bond donors (Lipinski definition) is 2. The molecule has 3 aromatic heterocycles. The number of amides is 1. The Balaban J connectivity index is 1.24. The Labute approximate surface area is 198 Å². The minimum absolute atomic E-state index is 0.0180. The highest BCUT2D eigenvalue weighted by atomic mass is 16.5. The number of pyridine rings is 1. The van der Waals surface area contributed by atoms with Gasteiger partial charge in [0.2, 0.25) is 5.91 Å². The van der Waals surface area contributed by atoms with E-state index in [9.17, 15) is 9.59 Å². The quantitative estimate of drug-likeness (QED) is 0.545. The number of aromatic amines is 2. The number of ether oxygens (including phenoxy) is 1. The molecule has 1 saturated heterocycles. The smallest absolute Gasteiger partial charge is 0.237 e. The number of ketones is 1. The average molecular weight is 463 g/mol. The number of nitrogens with zero attached hydrogens (tertiary/aromatic N) is 4. The van der Waals surface area contributed by atoms with Crippen LogP contribution in [-0.4, -0.2) is 87.6 Å². The molecule has 0 unspecified atom stereocenters. The summed E-state index contributed by atoms with van der Waals surface area (Å²) in [6.45, 7) is 8.63. The summed E-state index contributed by atoms with van der Waals surface area (Å²) < 4.78 is 5.36. The van der Waals surface area contributed by atoms with E-state index in [-0.39, 0.29) is 18.1 Å². The topological polar surface area (TPSA) is 107 Å². The van der Waals surface area contributed by atoms with Gasteiger partial charge in [0.05, 0.1) is 19.8 Å². The molecule has 1 amide bonds. The first-order valence-corrected chi connectivity index (χ1v) is 11.8. The molecule has 0 saturated carbocycles. The number of Topliss-reactive ketones (excluding diaryl/α,β-unsaturated/α-hetero) is 1. The van der Waals surface area contributed by atoms with Gasteiger partial charge in [-0.1, -0.05) is 6.08 Å². The van der Waals surface area contributed by atoms with Crippen LogP contribution in [0.15, 0.2) is 24.4 Å². The molecule has 0 spiro atoms. The molecule has 2 N–H and O–H groups in total. The van der Waals surface area contributed by atoms with E-state index in [0.29, 0.717) is 38.5 Å². The second-order valence-corrected chi connectivity index (χ2v) is 9.09. The van der Waals surface area contributed by atoms with Crippen molar-refractivity contribution < 1.29 is 14.3 Å². The zero-order valence-electron chi connectivity index (χ0n) is 19.7. The molecule has 3 aromatic rings. The van der Waals surface area contributed by atoms with Crippen LogP contribution in [0.2, 0.25) is 0 Å². The predicted molar refractivity (Wildman–Crippen MR) is 129 cm³/mol. The molecule has 5 heterocycles. The van der Waals surface area contributed by atoms with Gasteiger partial charge in [0.15, 0.2) is 5.78 Å². The SMILES string of the molecule is Cc1[nH]nc(C(=O)Cc2cnc3[nH]c(C4=CCN(C(=O)CN5CCOCC5)CC4)cc3c2)c1C. The highest BCUT2D eigenvalue weighted by molar-refractivity contribution is 5.97. The summed E-state index contributed by atoms with van der Waals surface area (Å²) in [6.07, 6.45) is 4.93. The van der Waals surface area contributed by atoms with Crippen molar-refractivity contribution in [2.75, 3.05) is 45.9 Å². The van der Waals surface area contributed by atoms with Gasteiger partial charge in [0, 0.05) is 61.1 Å². The summed E-state index contributed by atoms with van der Waals surface area (Å²) in [5.74, 6) is 0.155. The van der Waals surface area contributed by atoms with Crippen molar-refractivity contribution in [3.63, 3.8) is 0 Å². The van der Waals surface area contributed by atoms with Gasteiger partial charge in [-0.15, -0.1) is 0 Å². The van der Waals surface area contributed by atoms with E-state index in [1.165, 1.54) is 5.57 Å². The molecule has 178 valence electrons. The van der Waals surface area contributed by atoms with Crippen LogP contribution in [-0.2, 0) is 16.0 Å². The molecule has 0 aromatic carbocycles. The molecule has 9 nitrogen and oxygen atoms in total. The van der Waals surface area contributed by atoms with Gasteiger partial charge in [0.1, 0.15) is 11.3 Å². The van der Waals surface area contributed by atoms with E-state index in [0.717, 1.165) is 53.1 Å². The Hall–Kier alpha value is -3.30. The average Bonchev–Trinajstić information content (AvgIpc) is 3.42. The highest BCUT2D eigenvalue weighted by Crippen LogP contribution is 2.26. The van der Waals surface area contributed by atoms with Crippen molar-refractivity contribution in [2.45, 2.75) is 26.7 Å². The first-order chi connectivity index (χ1) is 16.5. The Morgan fingerprint density at radius 3 is 2.68 bits per heavy atom. The van der Waals surface area contributed by atoms with Crippen molar-refractivity contribution in [1.29, 1.82) is 0 Å². The summed E-state index contributed by atoms with van der Waals surface area (Å²) in [5, 5.41) is 7.99. The lowest BCUT2D eigenvalue weighted by Gasteiger charge is -2.31. The van der Waals surface area contributed by atoms with Gasteiger partial charge in [0.25, 0.3) is 0 Å². The lowest BCUT2D eigenvalue weighted by atomic mass is 10.0. The molecule has 0 radical (unpaired) electrons. The Morgan fingerprint density at radius 1 is 1.15 bits per heavy atom. The van der Waals surface area contributed by atoms with Crippen LogP contribution in [0.5, 0.6) is 0 Å². The van der Waals surface area contributed by atoms with Gasteiger partial charge in [-0.2, -0.15) is 5.10 Å². The second kappa shape index (κ2) is 9.52. The fraction of sp³-hybridized carbons (Fsp3) is 0.440. The molecule has 1 fully saturated rings. The number of H-pyrrole nitrogens is 2. The van der Waals surface area contributed by atoms with Gasteiger partial charge in [-0.05, 0) is 43.5 Å². The van der Waals surface area contributed by atoms with Crippen molar-refractivity contribution in [2.24, 2.45) is 0 Å². The normalized spacial score (nSPS) is 17.2. The lowest BCUT2D eigenvalue weighted by Crippen LogP contribution is -2.45. The van der Waals surface area contributed by atoms with Crippen LogP contribution in [0.1, 0.15) is 39.4 Å². The van der Waals surface area contributed by atoms with E-state index in [4.69, 9.17) is 4.74 Å². The summed E-state index contributed by atoms with van der Waals surface area (Å²) >= 11 is 0. The molecule has 5 rings (SSSR count). The number of nitrogens with one attached hydrogen (secondary N) is 2. The van der Waals surface area contributed by atoms with Crippen LogP contribution in [0.4, 0.5) is 0 Å². The van der Waals surface area contributed by atoms with E-state index in [1.807, 2.05) is 24.8 Å². The van der Waals surface area contributed by atoms with Crippen molar-refractivity contribution in [1.82, 2.24) is 30.0 Å². The van der Waals surface area contributed by atoms with E-state index in [2.05, 4.69) is 37.2 Å². The van der Waals surface area contributed by atoms with Crippen LogP contribution in [0, 0.1) is 13.8 Å². The number of fused-ring (bicyclic) bond motifs is 1. The monoisotopic (exact) mass is 462 g/mol. The minimum atomic E-state index is -0.0180. The summed E-state index contributed by atoms with van der Waals surface area (Å²) in [5.41, 5.74) is 6.16. The largest absolute Gasteiger partial charge is 0.379 e. The number of aromatic nitrogens is 4. The molecule has 2 aliphatic rings. The first-order valence-electron chi connectivity index (χ1n) is 11.8. The third-order valence-corrected chi connectivity index (χ3v) is 6.78. The fourth-order valence-corrected chi connectivity index (χ4v) is 4.55. The molecular formula is C25H30N6O3. The molecule has 0 aliphatic carbocycles. The Kier molecular flexibility index (Phi) is 6.30. The van der Waals surface area contributed by atoms with Crippen LogP contribution >= 0.6 is 0 Å². The zero-order valence-corrected chi connectivity index (χ0v) is 19.7. The Bertz CT molecular complexity index is 1250. The maximum Gasteiger partial charge on any atom is 0.237 e. The highest BCUT2D eigenvalue weighted by Gasteiger charge is 2.22. The fourth-order valence-electron chi connectivity index (χ4n) is 4.55. The minimum Gasteiger partial charge on any atom is -0.379 e. The molecular weight excluding hydrogens is 432 g/mol. The third-order valence-electron chi connectivity index (χ3n) is 6.78. The van der Waals surface area contributed by atoms with Gasteiger partial charge in [-0.3, -0.25) is 19.6 Å². The number of carbonyl (C=O) groups is 2. The molecule has 34 heavy (non-hydrogen) atoms. The van der Waals surface area contributed by atoms with E-state index in [1.54, 1.807) is 6.20 Å². The molecule has 9 heteroatoms. The maximum absolute atomic E-state index is 12.7. The van der Waals surface area contributed by atoms with Crippen molar-refractivity contribution in [3.8, 4) is 0 Å². The van der Waals surface area contributed by atoms with Crippen molar-refractivity contribution in [3.05, 3.63) is 52.6 Å². The number of rotatable bonds is 6. The summed E-state index contributed by atoms with van der Waals surface area (Å²) in [7, 11) is 0. The second-order valence-electron chi connectivity index (χ2n) is 9.09. The first kappa shape index (κ1) is 22.5. The predicted octanol–water partition coefficient (Wildman–Crippen LogP) is 2.28. The summed E-state index contributed by atoms with van der Waals surface area (Å²) in [6, 6.07) is 4.09. The molecule has 2 aliphatic heterocycles. The molecule has 0 atom stereocenters. The van der Waals surface area contributed by atoms with E-state index < -0.39 is 0 Å². The number of carbonyl (C=O) groups excluding carboxylic acids is 2. The van der Waals surface area contributed by atoms with Gasteiger partial charge >= 0.3 is 0 Å². The number of aryl methyl sites for hydroxylation is 1. The number of morpholine rings is 1. The zero-order chi connectivity index (χ0) is 23.7. The number of hydrogen-bond acceptors (Lipinski definition) is 6. The van der Waals surface area contributed by atoms with Crippen molar-refractivity contribution >= 4 is 28.3 Å². The van der Waals surface area contributed by atoms with Crippen LogP contribution in [0.3, 0.4) is 0 Å². The third kappa shape index (κ3) is 4.67.